The lowest BCUT2D eigenvalue weighted by Crippen LogP contribution is -2.25. The molecule has 2 aromatic rings. The lowest BCUT2D eigenvalue weighted by Gasteiger charge is -2.06. The van der Waals surface area contributed by atoms with Crippen LogP contribution in [0.25, 0.3) is 0 Å². The molecule has 5 nitrogen and oxygen atoms in total. The van der Waals surface area contributed by atoms with Crippen molar-refractivity contribution in [3.8, 4) is 0 Å². The van der Waals surface area contributed by atoms with Crippen molar-refractivity contribution in [2.45, 2.75) is 13.0 Å². The predicted octanol–water partition coefficient (Wildman–Crippen LogP) is 2.59. The van der Waals surface area contributed by atoms with Crippen LogP contribution in [-0.2, 0) is 17.8 Å². The molecule has 0 bridgehead atoms. The van der Waals surface area contributed by atoms with Gasteiger partial charge in [0.05, 0.1) is 11.3 Å². The van der Waals surface area contributed by atoms with Crippen LogP contribution in [0.5, 0.6) is 0 Å². The number of nitro benzene ring substituents is 1. The summed E-state index contributed by atoms with van der Waals surface area (Å²) in [5, 5.41) is 13.4. The van der Waals surface area contributed by atoms with Gasteiger partial charge in [-0.1, -0.05) is 36.4 Å². The molecule has 2 aromatic carbocycles. The van der Waals surface area contributed by atoms with E-state index in [2.05, 4.69) is 5.32 Å². The third-order valence-electron chi connectivity index (χ3n) is 2.97. The minimum absolute atomic E-state index is 0.0478. The van der Waals surface area contributed by atoms with E-state index in [1.54, 1.807) is 30.3 Å². The van der Waals surface area contributed by atoms with Crippen molar-refractivity contribution in [3.63, 3.8) is 0 Å². The smallest absolute Gasteiger partial charge is 0.273 e. The molecule has 2 rings (SSSR count). The van der Waals surface area contributed by atoms with E-state index in [0.29, 0.717) is 11.1 Å². The Labute approximate surface area is 120 Å². The zero-order valence-corrected chi connectivity index (χ0v) is 11.1. The summed E-state index contributed by atoms with van der Waals surface area (Å²) in [6.07, 6.45) is -0.119. The van der Waals surface area contributed by atoms with Crippen LogP contribution in [0.2, 0.25) is 0 Å². The Bertz CT molecular complexity index is 673. The number of para-hydroxylation sites is 1. The highest BCUT2D eigenvalue weighted by molar-refractivity contribution is 5.79. The molecule has 0 aliphatic carbocycles. The molecule has 0 aliphatic heterocycles. The molecule has 0 fully saturated rings. The standard InChI is InChI=1S/C15H13FN2O3/c16-13-7-3-1-6-12(13)10-17-15(19)9-11-5-2-4-8-14(11)18(20)21/h1-8H,9-10H2,(H,17,19). The molecule has 0 saturated carbocycles. The summed E-state index contributed by atoms with van der Waals surface area (Å²) in [5.74, 6) is -0.795. The van der Waals surface area contributed by atoms with Gasteiger partial charge in [0.2, 0.25) is 5.91 Å². The van der Waals surface area contributed by atoms with E-state index in [-0.39, 0.29) is 18.7 Å². The number of carbonyl (C=O) groups excluding carboxylic acids is 1. The van der Waals surface area contributed by atoms with Gasteiger partial charge < -0.3 is 5.32 Å². The number of amides is 1. The van der Waals surface area contributed by atoms with E-state index in [9.17, 15) is 19.3 Å². The molecule has 0 atom stereocenters. The van der Waals surface area contributed by atoms with Crippen molar-refractivity contribution in [1.29, 1.82) is 0 Å². The Kier molecular flexibility index (Phi) is 4.61. The maximum atomic E-state index is 13.4. The average molecular weight is 288 g/mol. The van der Waals surface area contributed by atoms with Crippen LogP contribution in [0.1, 0.15) is 11.1 Å². The van der Waals surface area contributed by atoms with E-state index in [4.69, 9.17) is 0 Å². The molecular weight excluding hydrogens is 275 g/mol. The summed E-state index contributed by atoms with van der Waals surface area (Å²) in [4.78, 5) is 22.1. The Balaban J connectivity index is 2.00. The monoisotopic (exact) mass is 288 g/mol. The van der Waals surface area contributed by atoms with Crippen LogP contribution in [0.4, 0.5) is 10.1 Å². The molecule has 108 valence electrons. The fourth-order valence-corrected chi connectivity index (χ4v) is 1.91. The zero-order chi connectivity index (χ0) is 15.2. The van der Waals surface area contributed by atoms with Gasteiger partial charge in [0.15, 0.2) is 0 Å². The molecule has 0 saturated heterocycles. The quantitative estimate of drug-likeness (QED) is 0.679. The first-order valence-electron chi connectivity index (χ1n) is 6.30. The van der Waals surface area contributed by atoms with Gasteiger partial charge >= 0.3 is 0 Å². The van der Waals surface area contributed by atoms with Gasteiger partial charge in [-0.25, -0.2) is 4.39 Å². The van der Waals surface area contributed by atoms with E-state index in [0.717, 1.165) is 0 Å². The average Bonchev–Trinajstić information content (AvgIpc) is 2.47. The second kappa shape index (κ2) is 6.60. The molecule has 0 heterocycles. The van der Waals surface area contributed by atoms with Gasteiger partial charge in [0.25, 0.3) is 5.69 Å². The minimum Gasteiger partial charge on any atom is -0.352 e. The molecular formula is C15H13FN2O3. The van der Waals surface area contributed by atoms with Crippen molar-refractivity contribution in [3.05, 3.63) is 75.6 Å². The molecule has 6 heteroatoms. The topological polar surface area (TPSA) is 72.2 Å². The first kappa shape index (κ1) is 14.6. The number of halogens is 1. The summed E-state index contributed by atoms with van der Waals surface area (Å²) in [6, 6.07) is 12.2. The number of benzene rings is 2. The van der Waals surface area contributed by atoms with E-state index in [1.807, 2.05) is 0 Å². The summed E-state index contributed by atoms with van der Waals surface area (Å²) >= 11 is 0. The predicted molar refractivity (Wildman–Crippen MR) is 75.0 cm³/mol. The van der Waals surface area contributed by atoms with Crippen molar-refractivity contribution < 1.29 is 14.1 Å². The van der Waals surface area contributed by atoms with Gasteiger partial charge in [-0.3, -0.25) is 14.9 Å². The number of nitrogens with zero attached hydrogens (tertiary/aromatic N) is 1. The molecule has 0 unspecified atom stereocenters. The van der Waals surface area contributed by atoms with Crippen LogP contribution in [-0.4, -0.2) is 10.8 Å². The normalized spacial score (nSPS) is 10.1. The number of rotatable bonds is 5. The Morgan fingerprint density at radius 1 is 1.10 bits per heavy atom. The number of hydrogen-bond donors (Lipinski definition) is 1. The minimum atomic E-state index is -0.528. The zero-order valence-electron chi connectivity index (χ0n) is 11.1. The van der Waals surface area contributed by atoms with E-state index >= 15 is 0 Å². The first-order chi connectivity index (χ1) is 10.1. The second-order valence-corrected chi connectivity index (χ2v) is 4.43. The molecule has 0 aliphatic rings. The number of nitro groups is 1. The second-order valence-electron chi connectivity index (χ2n) is 4.43. The summed E-state index contributed by atoms with van der Waals surface area (Å²) in [7, 11) is 0. The summed E-state index contributed by atoms with van der Waals surface area (Å²) < 4.78 is 13.4. The van der Waals surface area contributed by atoms with Gasteiger partial charge in [-0.2, -0.15) is 0 Å². The molecule has 0 radical (unpaired) electrons. The van der Waals surface area contributed by atoms with Crippen molar-refractivity contribution in [2.75, 3.05) is 0 Å². The lowest BCUT2D eigenvalue weighted by atomic mass is 10.1. The lowest BCUT2D eigenvalue weighted by molar-refractivity contribution is -0.385. The van der Waals surface area contributed by atoms with Gasteiger partial charge in [0.1, 0.15) is 5.82 Å². The molecule has 1 N–H and O–H groups in total. The van der Waals surface area contributed by atoms with Gasteiger partial charge in [-0.05, 0) is 6.07 Å². The van der Waals surface area contributed by atoms with Crippen LogP contribution < -0.4 is 5.32 Å². The summed E-state index contributed by atoms with van der Waals surface area (Å²) in [6.45, 7) is 0.0478. The number of nitrogens with one attached hydrogen (secondary N) is 1. The maximum Gasteiger partial charge on any atom is 0.273 e. The number of hydrogen-bond acceptors (Lipinski definition) is 3. The van der Waals surface area contributed by atoms with E-state index < -0.39 is 16.6 Å². The highest BCUT2D eigenvalue weighted by atomic mass is 19.1. The molecule has 0 aromatic heterocycles. The van der Waals surface area contributed by atoms with Crippen molar-refractivity contribution in [2.24, 2.45) is 0 Å². The fourth-order valence-electron chi connectivity index (χ4n) is 1.91. The Morgan fingerprint density at radius 2 is 1.71 bits per heavy atom. The van der Waals surface area contributed by atoms with Crippen LogP contribution >= 0.6 is 0 Å². The van der Waals surface area contributed by atoms with Gasteiger partial charge in [-0.15, -0.1) is 0 Å². The van der Waals surface area contributed by atoms with E-state index in [1.165, 1.54) is 18.2 Å². The SMILES string of the molecule is O=C(Cc1ccccc1[N+](=O)[O-])NCc1ccccc1F. The Hall–Kier alpha value is -2.76. The third-order valence-corrected chi connectivity index (χ3v) is 2.97. The van der Waals surface area contributed by atoms with Crippen molar-refractivity contribution >= 4 is 11.6 Å². The maximum absolute atomic E-state index is 13.4. The summed E-state index contributed by atoms with van der Waals surface area (Å²) in [5.41, 5.74) is 0.598. The van der Waals surface area contributed by atoms with Crippen LogP contribution in [0.15, 0.2) is 48.5 Å². The Morgan fingerprint density at radius 3 is 2.38 bits per heavy atom. The molecule has 21 heavy (non-hydrogen) atoms. The van der Waals surface area contributed by atoms with Crippen LogP contribution in [0, 0.1) is 15.9 Å². The van der Waals surface area contributed by atoms with Gasteiger partial charge in [0, 0.05) is 23.7 Å². The molecule has 0 spiro atoms. The highest BCUT2D eigenvalue weighted by Gasteiger charge is 2.15. The van der Waals surface area contributed by atoms with Crippen molar-refractivity contribution in [1.82, 2.24) is 5.32 Å². The largest absolute Gasteiger partial charge is 0.352 e. The molecule has 1 amide bonds. The van der Waals surface area contributed by atoms with Crippen LogP contribution in [0.3, 0.4) is 0 Å². The highest BCUT2D eigenvalue weighted by Crippen LogP contribution is 2.18. The third kappa shape index (κ3) is 3.85. The first-order valence-corrected chi connectivity index (χ1v) is 6.30. The fraction of sp³-hybridized carbons (Fsp3) is 0.133. The number of carbonyl (C=O) groups is 1.